The van der Waals surface area contributed by atoms with Gasteiger partial charge in [0, 0.05) is 44.0 Å². The molecule has 0 atom stereocenters. The highest BCUT2D eigenvalue weighted by Crippen LogP contribution is 2.25. The molecule has 5 heteroatoms. The molecule has 2 aromatic carbocycles. The average molecular weight is 394 g/mol. The second-order valence-corrected chi connectivity index (χ2v) is 7.84. The van der Waals surface area contributed by atoms with Crippen molar-refractivity contribution in [2.75, 3.05) is 31.6 Å². The third kappa shape index (κ3) is 5.17. The first-order chi connectivity index (χ1) is 14.0. The fourth-order valence-electron chi connectivity index (χ4n) is 3.81. The quantitative estimate of drug-likeness (QED) is 0.810. The summed E-state index contributed by atoms with van der Waals surface area (Å²) in [7, 11) is 1.86. The first-order valence-electron chi connectivity index (χ1n) is 10.5. The fourth-order valence-corrected chi connectivity index (χ4v) is 3.81. The zero-order valence-corrected chi connectivity index (χ0v) is 17.6. The summed E-state index contributed by atoms with van der Waals surface area (Å²) in [5.41, 5.74) is 3.59. The van der Waals surface area contributed by atoms with E-state index >= 15 is 0 Å². The number of carbonyl (C=O) groups is 2. The van der Waals surface area contributed by atoms with Crippen molar-refractivity contribution in [2.24, 2.45) is 0 Å². The van der Waals surface area contributed by atoms with Crippen LogP contribution in [0.2, 0.25) is 0 Å². The molecule has 1 N–H and O–H groups in total. The maximum absolute atomic E-state index is 12.8. The van der Waals surface area contributed by atoms with Crippen molar-refractivity contribution in [2.45, 2.75) is 39.2 Å². The van der Waals surface area contributed by atoms with E-state index in [4.69, 9.17) is 0 Å². The van der Waals surface area contributed by atoms with Gasteiger partial charge in [0.05, 0.1) is 5.56 Å². The molecule has 1 fully saturated rings. The number of aryl methyl sites for hydroxylation is 1. The maximum Gasteiger partial charge on any atom is 0.255 e. The Hall–Kier alpha value is -2.82. The summed E-state index contributed by atoms with van der Waals surface area (Å²) < 4.78 is 0. The highest BCUT2D eigenvalue weighted by Gasteiger charge is 2.24. The van der Waals surface area contributed by atoms with Gasteiger partial charge in [-0.2, -0.15) is 0 Å². The molecule has 1 saturated heterocycles. The minimum atomic E-state index is -0.0137. The molecule has 154 valence electrons. The van der Waals surface area contributed by atoms with Gasteiger partial charge in [-0.1, -0.05) is 36.8 Å². The van der Waals surface area contributed by atoms with Crippen molar-refractivity contribution >= 4 is 17.5 Å². The van der Waals surface area contributed by atoms with Crippen LogP contribution in [0.5, 0.6) is 0 Å². The van der Waals surface area contributed by atoms with Gasteiger partial charge < -0.3 is 15.1 Å². The largest absolute Gasteiger partial charge is 0.371 e. The van der Waals surface area contributed by atoms with E-state index in [-0.39, 0.29) is 17.9 Å². The minimum absolute atomic E-state index is 0.0137. The molecule has 0 bridgehead atoms. The molecule has 3 rings (SSSR count). The third-order valence-corrected chi connectivity index (χ3v) is 5.52. The van der Waals surface area contributed by atoms with Gasteiger partial charge in [0.1, 0.15) is 0 Å². The Bertz CT molecular complexity index is 839. The Balaban J connectivity index is 1.62. The zero-order chi connectivity index (χ0) is 20.8. The second-order valence-electron chi connectivity index (χ2n) is 7.84. The SMILES string of the molecule is CCCN(C)C(=O)c1ccccc1N1CCC(NC(=O)c2ccc(C)cc2)CC1. The number of nitrogens with zero attached hydrogens (tertiary/aromatic N) is 2. The van der Waals surface area contributed by atoms with Crippen LogP contribution in [-0.2, 0) is 0 Å². The maximum atomic E-state index is 12.8. The summed E-state index contributed by atoms with van der Waals surface area (Å²) in [6.45, 7) is 6.48. The van der Waals surface area contributed by atoms with Gasteiger partial charge in [0.15, 0.2) is 0 Å². The van der Waals surface area contributed by atoms with E-state index in [1.807, 2.05) is 62.5 Å². The molecule has 1 aliphatic rings. The summed E-state index contributed by atoms with van der Waals surface area (Å²) in [6, 6.07) is 15.7. The second kappa shape index (κ2) is 9.59. The molecule has 0 unspecified atom stereocenters. The summed E-state index contributed by atoms with van der Waals surface area (Å²) in [5, 5.41) is 3.16. The Morgan fingerprint density at radius 3 is 2.38 bits per heavy atom. The standard InChI is InChI=1S/C24H31N3O2/c1-4-15-26(3)24(29)21-7-5-6-8-22(21)27-16-13-20(14-17-27)25-23(28)19-11-9-18(2)10-12-19/h5-12,20H,4,13-17H2,1-3H3,(H,25,28). The van der Waals surface area contributed by atoms with Crippen molar-refractivity contribution in [1.29, 1.82) is 0 Å². The molecule has 5 nitrogen and oxygen atoms in total. The van der Waals surface area contributed by atoms with Gasteiger partial charge in [0.2, 0.25) is 0 Å². The molecular weight excluding hydrogens is 362 g/mol. The number of nitrogens with one attached hydrogen (secondary N) is 1. The topological polar surface area (TPSA) is 52.7 Å². The number of rotatable bonds is 6. The van der Waals surface area contributed by atoms with Gasteiger partial charge in [-0.25, -0.2) is 0 Å². The molecule has 29 heavy (non-hydrogen) atoms. The number of hydrogen-bond donors (Lipinski definition) is 1. The highest BCUT2D eigenvalue weighted by atomic mass is 16.2. The van der Waals surface area contributed by atoms with E-state index < -0.39 is 0 Å². The van der Waals surface area contributed by atoms with Gasteiger partial charge in [-0.15, -0.1) is 0 Å². The van der Waals surface area contributed by atoms with Crippen molar-refractivity contribution in [3.8, 4) is 0 Å². The van der Waals surface area contributed by atoms with Crippen LogP contribution >= 0.6 is 0 Å². The predicted octanol–water partition coefficient (Wildman–Crippen LogP) is 3.88. The number of anilines is 1. The smallest absolute Gasteiger partial charge is 0.255 e. The zero-order valence-electron chi connectivity index (χ0n) is 17.6. The first-order valence-corrected chi connectivity index (χ1v) is 10.5. The van der Waals surface area contributed by atoms with E-state index in [1.165, 1.54) is 0 Å². The lowest BCUT2D eigenvalue weighted by Gasteiger charge is -2.35. The molecule has 0 aliphatic carbocycles. The summed E-state index contributed by atoms with van der Waals surface area (Å²) in [5.74, 6) is 0.0532. The highest BCUT2D eigenvalue weighted by molar-refractivity contribution is 5.99. The molecule has 0 radical (unpaired) electrons. The lowest BCUT2D eigenvalue weighted by atomic mass is 10.0. The number of benzene rings is 2. The third-order valence-electron chi connectivity index (χ3n) is 5.52. The van der Waals surface area contributed by atoms with Crippen molar-refractivity contribution in [3.05, 3.63) is 65.2 Å². The van der Waals surface area contributed by atoms with Gasteiger partial charge in [-0.05, 0) is 50.5 Å². The first kappa shape index (κ1) is 20.9. The van der Waals surface area contributed by atoms with Crippen LogP contribution in [0.1, 0.15) is 52.5 Å². The molecule has 0 aromatic heterocycles. The fraction of sp³-hybridized carbons (Fsp3) is 0.417. The number of amides is 2. The molecular formula is C24H31N3O2. The monoisotopic (exact) mass is 393 g/mol. The molecule has 2 aromatic rings. The van der Waals surface area contributed by atoms with Gasteiger partial charge >= 0.3 is 0 Å². The minimum Gasteiger partial charge on any atom is -0.371 e. The number of piperidine rings is 1. The summed E-state index contributed by atoms with van der Waals surface area (Å²) >= 11 is 0. The van der Waals surface area contributed by atoms with E-state index in [0.717, 1.165) is 55.7 Å². The van der Waals surface area contributed by atoms with E-state index in [0.29, 0.717) is 5.56 Å². The number of carbonyl (C=O) groups excluding carboxylic acids is 2. The summed E-state index contributed by atoms with van der Waals surface area (Å²) in [4.78, 5) is 29.4. The van der Waals surface area contributed by atoms with E-state index in [2.05, 4.69) is 17.1 Å². The molecule has 1 heterocycles. The lowest BCUT2D eigenvalue weighted by molar-refractivity contribution is 0.0795. The van der Waals surface area contributed by atoms with Crippen LogP contribution in [0.15, 0.2) is 48.5 Å². The van der Waals surface area contributed by atoms with E-state index in [1.54, 1.807) is 4.90 Å². The Labute approximate surface area is 173 Å². The average Bonchev–Trinajstić information content (AvgIpc) is 2.74. The van der Waals surface area contributed by atoms with Crippen molar-refractivity contribution < 1.29 is 9.59 Å². The number of hydrogen-bond acceptors (Lipinski definition) is 3. The van der Waals surface area contributed by atoms with Crippen LogP contribution in [0.25, 0.3) is 0 Å². The Kier molecular flexibility index (Phi) is 6.91. The Morgan fingerprint density at radius 1 is 1.07 bits per heavy atom. The van der Waals surface area contributed by atoms with Gasteiger partial charge in [-0.3, -0.25) is 9.59 Å². The predicted molar refractivity (Wildman–Crippen MR) is 118 cm³/mol. The lowest BCUT2D eigenvalue weighted by Crippen LogP contribution is -2.45. The molecule has 1 aliphatic heterocycles. The summed E-state index contributed by atoms with van der Waals surface area (Å²) in [6.07, 6.45) is 2.67. The van der Waals surface area contributed by atoms with Crippen LogP contribution < -0.4 is 10.2 Å². The number of para-hydroxylation sites is 1. The van der Waals surface area contributed by atoms with Crippen molar-refractivity contribution in [1.82, 2.24) is 10.2 Å². The van der Waals surface area contributed by atoms with Crippen LogP contribution in [0.3, 0.4) is 0 Å². The van der Waals surface area contributed by atoms with Gasteiger partial charge in [0.25, 0.3) is 11.8 Å². The van der Waals surface area contributed by atoms with E-state index in [9.17, 15) is 9.59 Å². The molecule has 0 saturated carbocycles. The Morgan fingerprint density at radius 2 is 1.72 bits per heavy atom. The van der Waals surface area contributed by atoms with Crippen LogP contribution in [0.4, 0.5) is 5.69 Å². The van der Waals surface area contributed by atoms with Crippen LogP contribution in [0, 0.1) is 6.92 Å². The molecule has 2 amide bonds. The molecule has 0 spiro atoms. The van der Waals surface area contributed by atoms with Crippen LogP contribution in [-0.4, -0.2) is 49.4 Å². The normalized spacial score (nSPS) is 14.5. The van der Waals surface area contributed by atoms with Crippen molar-refractivity contribution in [3.63, 3.8) is 0 Å².